The quantitative estimate of drug-likeness (QED) is 0.101. The Hall–Kier alpha value is -5.83. The third-order valence-electron chi connectivity index (χ3n) is 14.4. The highest BCUT2D eigenvalue weighted by Crippen LogP contribution is 2.55. The van der Waals surface area contributed by atoms with Gasteiger partial charge in [-0.2, -0.15) is 0 Å². The van der Waals surface area contributed by atoms with E-state index in [-0.39, 0.29) is 42.8 Å². The molecule has 8 atom stereocenters. The van der Waals surface area contributed by atoms with E-state index >= 15 is 0 Å². The van der Waals surface area contributed by atoms with Crippen molar-refractivity contribution in [2.45, 2.75) is 106 Å². The van der Waals surface area contributed by atoms with Crippen LogP contribution in [0.25, 0.3) is 11.3 Å². The summed E-state index contributed by atoms with van der Waals surface area (Å²) >= 11 is 0. The van der Waals surface area contributed by atoms with Crippen molar-refractivity contribution in [2.24, 2.45) is 11.8 Å². The summed E-state index contributed by atoms with van der Waals surface area (Å²) < 4.78 is 15.8. The van der Waals surface area contributed by atoms with E-state index in [0.29, 0.717) is 23.7 Å². The Morgan fingerprint density at radius 1 is 0.694 bits per heavy atom. The van der Waals surface area contributed by atoms with E-state index in [9.17, 15) is 14.4 Å². The molecule has 14 nitrogen and oxygen atoms in total. The number of nitrogens with zero attached hydrogens (tertiary/aromatic N) is 4. The van der Waals surface area contributed by atoms with Crippen molar-refractivity contribution in [3.05, 3.63) is 131 Å². The lowest BCUT2D eigenvalue weighted by atomic mass is 9.77. The van der Waals surface area contributed by atoms with Crippen molar-refractivity contribution in [2.75, 3.05) is 13.9 Å². The van der Waals surface area contributed by atoms with Gasteiger partial charge in [-0.1, -0.05) is 84.9 Å². The summed E-state index contributed by atoms with van der Waals surface area (Å²) in [5.74, 6) is 3.33. The van der Waals surface area contributed by atoms with Crippen LogP contribution >= 0.6 is 0 Å². The first-order valence-corrected chi connectivity index (χ1v) is 22.2. The molecular formula is C48H52N8O6. The van der Waals surface area contributed by atoms with Gasteiger partial charge in [0, 0.05) is 29.9 Å². The number of alkyl carbamates (subject to hydrolysis) is 1. The van der Waals surface area contributed by atoms with Crippen LogP contribution in [0, 0.1) is 11.8 Å². The first-order valence-electron chi connectivity index (χ1n) is 22.2. The van der Waals surface area contributed by atoms with Gasteiger partial charge in [0.15, 0.2) is 6.79 Å². The molecule has 0 bridgehead atoms. The number of benzene rings is 3. The molecule has 6 fully saturated rings. The smallest absolute Gasteiger partial charge is 0.407 e. The molecule has 0 spiro atoms. The molecule has 3 saturated carbocycles. The normalized spacial score (nSPS) is 28.3. The van der Waals surface area contributed by atoms with E-state index in [0.717, 1.165) is 91.1 Å². The number of nitrogens with one attached hydrogen (secondary N) is 4. The highest BCUT2D eigenvalue weighted by Gasteiger charge is 2.57. The molecular weight excluding hydrogens is 785 g/mol. The lowest BCUT2D eigenvalue weighted by Crippen LogP contribution is -2.50. The Bertz CT molecular complexity index is 2410. The van der Waals surface area contributed by atoms with E-state index in [1.807, 2.05) is 82.9 Å². The Labute approximate surface area is 360 Å². The molecule has 11 rings (SSSR count). The molecule has 6 aliphatic rings. The third kappa shape index (κ3) is 7.37. The Balaban J connectivity index is 0.725. The summed E-state index contributed by atoms with van der Waals surface area (Å²) in [5.41, 5.74) is 6.11. The number of rotatable bonds is 12. The fraction of sp³-hybridized carbons (Fsp3) is 0.438. The largest absolute Gasteiger partial charge is 0.453 e. The van der Waals surface area contributed by atoms with Crippen molar-refractivity contribution < 1.29 is 28.6 Å². The first-order chi connectivity index (χ1) is 30.4. The number of hydrogen-bond acceptors (Lipinski definition) is 9. The molecule has 2 aromatic heterocycles. The summed E-state index contributed by atoms with van der Waals surface area (Å²) in [7, 11) is 1.31. The Kier molecular flexibility index (Phi) is 10.2. The summed E-state index contributed by atoms with van der Waals surface area (Å²) in [6.45, 7) is 0.222. The molecule has 14 heteroatoms. The average Bonchev–Trinajstić information content (AvgIpc) is 3.88. The Morgan fingerprint density at radius 3 is 1.85 bits per heavy atom. The van der Waals surface area contributed by atoms with E-state index in [4.69, 9.17) is 24.2 Å². The molecule has 5 heterocycles. The number of fused-ring (bicyclic) bond motifs is 2. The predicted octanol–water partition coefficient (Wildman–Crippen LogP) is 7.28. The van der Waals surface area contributed by atoms with Gasteiger partial charge >= 0.3 is 6.09 Å². The fourth-order valence-electron chi connectivity index (χ4n) is 10.8. The number of H-pyrrole nitrogens is 2. The SMILES string of the molecule is COC(=O)N[C@@H](C(=O)N1[C@@H]2C[C@@H]2C[C@H]1c1ncc([C@H]2CC[C@H](c3ccc(-c4cnc([C@@H]5C[C@H]6CC6N5C(=O)[C@H](NC5OCO5)c5ccccc5)[nH]4)cc3)CC2)[nH]1)c1ccccc1. The zero-order valence-electron chi connectivity index (χ0n) is 34.7. The number of imidazole rings is 2. The topological polar surface area (TPSA) is 167 Å². The fourth-order valence-corrected chi connectivity index (χ4v) is 10.8. The van der Waals surface area contributed by atoms with E-state index in [1.165, 1.54) is 12.7 Å². The van der Waals surface area contributed by atoms with Crippen molar-refractivity contribution in [1.82, 2.24) is 40.4 Å². The lowest BCUT2D eigenvalue weighted by molar-refractivity contribution is -0.335. The van der Waals surface area contributed by atoms with Gasteiger partial charge in [-0.05, 0) is 91.4 Å². The molecule has 0 radical (unpaired) electrons. The summed E-state index contributed by atoms with van der Waals surface area (Å²) in [6.07, 6.45) is 10.7. The zero-order valence-corrected chi connectivity index (χ0v) is 34.7. The van der Waals surface area contributed by atoms with Gasteiger partial charge in [-0.25, -0.2) is 14.8 Å². The number of piperidine rings is 2. The minimum atomic E-state index is -0.836. The highest BCUT2D eigenvalue weighted by atomic mass is 16.9. The molecule has 3 aromatic carbocycles. The van der Waals surface area contributed by atoms with Crippen LogP contribution in [-0.4, -0.2) is 80.0 Å². The number of amides is 3. The molecule has 62 heavy (non-hydrogen) atoms. The number of ether oxygens (including phenoxy) is 3. The zero-order chi connectivity index (χ0) is 41.9. The maximum Gasteiger partial charge on any atom is 0.407 e. The van der Waals surface area contributed by atoms with Gasteiger partial charge in [0.25, 0.3) is 5.91 Å². The maximum absolute atomic E-state index is 14.3. The molecule has 3 aliphatic heterocycles. The number of carbonyl (C=O) groups excluding carboxylic acids is 3. The van der Waals surface area contributed by atoms with E-state index < -0.39 is 24.6 Å². The lowest BCUT2D eigenvalue weighted by Gasteiger charge is -2.35. The van der Waals surface area contributed by atoms with Gasteiger partial charge in [-0.3, -0.25) is 14.9 Å². The van der Waals surface area contributed by atoms with Crippen LogP contribution in [0.5, 0.6) is 0 Å². The van der Waals surface area contributed by atoms with Crippen LogP contribution in [0.15, 0.2) is 97.3 Å². The standard InChI is InChI=1S/C48H52N8O6/c1-60-47(59)53-41(31-8-4-2-5-9-31)45(57)55-37-20-33(37)22-39(55)43-49-24-35(51-43)29-16-12-27(13-17-29)28-14-18-30(19-15-28)36-25-50-44(52-36)40-23-34-21-38(34)56(40)46(58)42(54-48-61-26-62-48)32-10-6-3-7-11-32/h2-11,14-15,18-19,24-25,27,29,33-34,37-42,48,54H,12-13,16-17,20-23,26H2,1H3,(H,49,51)(H,50,52)(H,53,59)/t27-,29-,33-,34-,37-,38?,39+,40+,41-,42-/m1/s1. The van der Waals surface area contributed by atoms with Crippen molar-refractivity contribution in [3.63, 3.8) is 0 Å². The number of methoxy groups -OCH3 is 1. The third-order valence-corrected chi connectivity index (χ3v) is 14.4. The van der Waals surface area contributed by atoms with Gasteiger partial charge in [0.2, 0.25) is 12.3 Å². The van der Waals surface area contributed by atoms with E-state index in [2.05, 4.69) is 44.9 Å². The highest BCUT2D eigenvalue weighted by molar-refractivity contribution is 5.88. The van der Waals surface area contributed by atoms with Crippen molar-refractivity contribution in [1.29, 1.82) is 0 Å². The second-order valence-corrected chi connectivity index (χ2v) is 18.0. The predicted molar refractivity (Wildman–Crippen MR) is 227 cm³/mol. The minimum absolute atomic E-state index is 0.0163. The van der Waals surface area contributed by atoms with Crippen molar-refractivity contribution >= 4 is 17.9 Å². The average molecular weight is 837 g/mol. The van der Waals surface area contributed by atoms with Crippen LogP contribution in [0.1, 0.15) is 121 Å². The van der Waals surface area contributed by atoms with Gasteiger partial charge in [0.1, 0.15) is 23.7 Å². The molecule has 4 N–H and O–H groups in total. The summed E-state index contributed by atoms with van der Waals surface area (Å²) in [5, 5.41) is 6.05. The number of aromatic amines is 2. The van der Waals surface area contributed by atoms with Crippen molar-refractivity contribution in [3.8, 4) is 11.3 Å². The monoisotopic (exact) mass is 836 g/mol. The number of likely N-dealkylation sites (tertiary alicyclic amines) is 2. The number of carbonyl (C=O) groups is 3. The molecule has 3 saturated heterocycles. The van der Waals surface area contributed by atoms with Crippen LogP contribution < -0.4 is 10.6 Å². The van der Waals surface area contributed by atoms with Crippen LogP contribution in [0.2, 0.25) is 0 Å². The minimum Gasteiger partial charge on any atom is -0.453 e. The van der Waals surface area contributed by atoms with Gasteiger partial charge in [-0.15, -0.1) is 0 Å². The molecule has 1 unspecified atom stereocenters. The van der Waals surface area contributed by atoms with Crippen LogP contribution in [0.3, 0.4) is 0 Å². The molecule has 5 aromatic rings. The Morgan fingerprint density at radius 2 is 1.26 bits per heavy atom. The molecule has 320 valence electrons. The van der Waals surface area contributed by atoms with Crippen LogP contribution in [-0.2, 0) is 23.8 Å². The van der Waals surface area contributed by atoms with Gasteiger partial charge < -0.3 is 39.3 Å². The first kappa shape index (κ1) is 39.0. The molecule has 3 aliphatic carbocycles. The maximum atomic E-state index is 14.3. The van der Waals surface area contributed by atoms with Crippen LogP contribution in [0.4, 0.5) is 4.79 Å². The number of aromatic nitrogens is 4. The van der Waals surface area contributed by atoms with E-state index in [1.54, 1.807) is 0 Å². The van der Waals surface area contributed by atoms with Gasteiger partial charge in [0.05, 0.1) is 31.1 Å². The summed E-state index contributed by atoms with van der Waals surface area (Å²) in [6, 6.07) is 26.7. The molecule has 3 amide bonds. The summed E-state index contributed by atoms with van der Waals surface area (Å²) in [4.78, 5) is 61.8. The number of hydrogen-bond donors (Lipinski definition) is 4. The second-order valence-electron chi connectivity index (χ2n) is 18.0. The second kappa shape index (κ2) is 16.1.